The number of amides is 1. The Labute approximate surface area is 164 Å². The summed E-state index contributed by atoms with van der Waals surface area (Å²) in [5.41, 5.74) is 2.24. The first kappa shape index (κ1) is 19.2. The minimum Gasteiger partial charge on any atom is -0.484 e. The average Bonchev–Trinajstić information content (AvgIpc) is 3.37. The third-order valence-electron chi connectivity index (χ3n) is 4.42. The quantitative estimate of drug-likeness (QED) is 0.515. The van der Waals surface area contributed by atoms with Gasteiger partial charge in [-0.15, -0.1) is 11.3 Å². The van der Waals surface area contributed by atoms with E-state index in [1.165, 1.54) is 10.4 Å². The number of benzene rings is 1. The van der Waals surface area contributed by atoms with Crippen molar-refractivity contribution in [3.8, 4) is 5.75 Å². The van der Waals surface area contributed by atoms with E-state index in [0.29, 0.717) is 24.8 Å². The lowest BCUT2D eigenvalue weighted by atomic mass is 10.0. The topological polar surface area (TPSA) is 42.7 Å². The highest BCUT2D eigenvalue weighted by atomic mass is 32.1. The second-order valence-electron chi connectivity index (χ2n) is 6.79. The fourth-order valence-corrected chi connectivity index (χ4v) is 3.48. The Morgan fingerprint density at radius 2 is 2.00 bits per heavy atom. The minimum atomic E-state index is -0.0271. The van der Waals surface area contributed by atoms with Crippen LogP contribution < -0.4 is 4.74 Å². The summed E-state index contributed by atoms with van der Waals surface area (Å²) in [4.78, 5) is 15.8. The van der Waals surface area contributed by atoms with Gasteiger partial charge in [-0.3, -0.25) is 4.79 Å². The summed E-state index contributed by atoms with van der Waals surface area (Å²) < 4.78 is 10.9. The zero-order chi connectivity index (χ0) is 19.1. The van der Waals surface area contributed by atoms with E-state index >= 15 is 0 Å². The van der Waals surface area contributed by atoms with Gasteiger partial charge >= 0.3 is 0 Å². The van der Waals surface area contributed by atoms with E-state index in [1.54, 1.807) is 23.9 Å². The molecule has 3 rings (SSSR count). The summed E-state index contributed by atoms with van der Waals surface area (Å²) >= 11 is 1.71. The monoisotopic (exact) mass is 383 g/mol. The van der Waals surface area contributed by atoms with Gasteiger partial charge in [0.1, 0.15) is 5.75 Å². The molecule has 142 valence electrons. The summed E-state index contributed by atoms with van der Waals surface area (Å²) in [7, 11) is 0. The van der Waals surface area contributed by atoms with E-state index in [4.69, 9.17) is 9.15 Å². The molecular formula is C22H25NO3S. The smallest absolute Gasteiger partial charge is 0.260 e. The number of carbonyl (C=O) groups excluding carboxylic acids is 1. The molecule has 27 heavy (non-hydrogen) atoms. The van der Waals surface area contributed by atoms with Crippen LogP contribution >= 0.6 is 11.3 Å². The van der Waals surface area contributed by atoms with Crippen LogP contribution in [0.2, 0.25) is 0 Å². The number of ether oxygens (including phenoxy) is 1. The van der Waals surface area contributed by atoms with E-state index < -0.39 is 0 Å². The summed E-state index contributed by atoms with van der Waals surface area (Å²) in [6.07, 6.45) is 4.14. The lowest BCUT2D eigenvalue weighted by molar-refractivity contribution is -0.134. The molecule has 1 amide bonds. The predicted molar refractivity (Wildman–Crippen MR) is 108 cm³/mol. The van der Waals surface area contributed by atoms with E-state index in [-0.39, 0.29) is 12.5 Å². The maximum absolute atomic E-state index is 12.8. The van der Waals surface area contributed by atoms with Gasteiger partial charge in [-0.25, -0.2) is 0 Å². The Morgan fingerprint density at radius 3 is 2.63 bits per heavy atom. The standard InChI is InChI=1S/C22H25NO3S/c1-17(2)19-5-7-20(8-6-19)26-16-22(24)23(14-18-10-12-25-15-18)11-9-21-4-3-13-27-21/h3-8,10,12-13,15,17H,9,11,14,16H2,1-2H3. The van der Waals surface area contributed by atoms with Gasteiger partial charge in [0.05, 0.1) is 12.5 Å². The third kappa shape index (κ3) is 5.73. The van der Waals surface area contributed by atoms with Gasteiger partial charge < -0.3 is 14.1 Å². The Morgan fingerprint density at radius 1 is 1.19 bits per heavy atom. The van der Waals surface area contributed by atoms with Crippen LogP contribution in [0.1, 0.15) is 35.8 Å². The van der Waals surface area contributed by atoms with Crippen molar-refractivity contribution in [1.82, 2.24) is 4.90 Å². The molecular weight excluding hydrogens is 358 g/mol. The van der Waals surface area contributed by atoms with Gasteiger partial charge in [0.25, 0.3) is 5.91 Å². The molecule has 1 aromatic carbocycles. The van der Waals surface area contributed by atoms with Crippen LogP contribution in [0.15, 0.2) is 64.8 Å². The van der Waals surface area contributed by atoms with Crippen molar-refractivity contribution in [3.63, 3.8) is 0 Å². The normalized spacial score (nSPS) is 10.9. The molecule has 2 heterocycles. The molecule has 4 nitrogen and oxygen atoms in total. The second kappa shape index (κ2) is 9.42. The maximum Gasteiger partial charge on any atom is 0.260 e. The molecule has 0 spiro atoms. The number of hydrogen-bond donors (Lipinski definition) is 0. The van der Waals surface area contributed by atoms with E-state index in [2.05, 4.69) is 25.3 Å². The maximum atomic E-state index is 12.8. The van der Waals surface area contributed by atoms with Crippen LogP contribution in [0.3, 0.4) is 0 Å². The molecule has 0 radical (unpaired) electrons. The van der Waals surface area contributed by atoms with E-state index in [1.807, 2.05) is 41.3 Å². The fraction of sp³-hybridized carbons (Fsp3) is 0.318. The van der Waals surface area contributed by atoms with Gasteiger partial charge in [0, 0.05) is 23.5 Å². The first-order valence-corrected chi connectivity index (χ1v) is 10.0. The molecule has 0 saturated heterocycles. The Kier molecular flexibility index (Phi) is 6.71. The third-order valence-corrected chi connectivity index (χ3v) is 5.36. The zero-order valence-corrected chi connectivity index (χ0v) is 16.6. The number of thiophene rings is 1. The van der Waals surface area contributed by atoms with Crippen molar-refractivity contribution in [2.24, 2.45) is 0 Å². The molecule has 0 aliphatic heterocycles. The highest BCUT2D eigenvalue weighted by Gasteiger charge is 2.16. The number of furan rings is 1. The van der Waals surface area contributed by atoms with Crippen molar-refractivity contribution < 1.29 is 13.9 Å². The lowest BCUT2D eigenvalue weighted by Crippen LogP contribution is -2.35. The van der Waals surface area contributed by atoms with E-state index in [9.17, 15) is 4.79 Å². The Balaban J connectivity index is 1.59. The molecule has 2 aromatic heterocycles. The van der Waals surface area contributed by atoms with Crippen LogP contribution in [0.25, 0.3) is 0 Å². The van der Waals surface area contributed by atoms with Gasteiger partial charge in [0.15, 0.2) is 6.61 Å². The van der Waals surface area contributed by atoms with Crippen molar-refractivity contribution in [1.29, 1.82) is 0 Å². The average molecular weight is 384 g/mol. The molecule has 0 N–H and O–H groups in total. The van der Waals surface area contributed by atoms with Gasteiger partial charge in [-0.1, -0.05) is 32.0 Å². The van der Waals surface area contributed by atoms with Crippen molar-refractivity contribution in [3.05, 3.63) is 76.4 Å². The number of rotatable bonds is 9. The van der Waals surface area contributed by atoms with Crippen molar-refractivity contribution in [2.75, 3.05) is 13.2 Å². The molecule has 0 aliphatic carbocycles. The highest BCUT2D eigenvalue weighted by Crippen LogP contribution is 2.19. The summed E-state index contributed by atoms with van der Waals surface area (Å²) in [5, 5.41) is 2.06. The van der Waals surface area contributed by atoms with Crippen LogP contribution in [-0.4, -0.2) is 24.0 Å². The predicted octanol–water partition coefficient (Wildman–Crippen LogP) is 5.11. The Hall–Kier alpha value is -2.53. The molecule has 0 saturated carbocycles. The molecule has 0 atom stereocenters. The molecule has 0 bridgehead atoms. The first-order valence-electron chi connectivity index (χ1n) is 9.16. The summed E-state index contributed by atoms with van der Waals surface area (Å²) in [5.74, 6) is 1.17. The van der Waals surface area contributed by atoms with Gasteiger partial charge in [-0.2, -0.15) is 0 Å². The molecule has 0 fully saturated rings. The highest BCUT2D eigenvalue weighted by molar-refractivity contribution is 7.09. The molecule has 0 unspecified atom stereocenters. The number of hydrogen-bond acceptors (Lipinski definition) is 4. The number of nitrogens with zero attached hydrogens (tertiary/aromatic N) is 1. The lowest BCUT2D eigenvalue weighted by Gasteiger charge is -2.22. The summed E-state index contributed by atoms with van der Waals surface area (Å²) in [6.45, 7) is 5.52. The molecule has 0 aliphatic rings. The zero-order valence-electron chi connectivity index (χ0n) is 15.8. The largest absolute Gasteiger partial charge is 0.484 e. The minimum absolute atomic E-state index is 0.0271. The first-order chi connectivity index (χ1) is 13.1. The van der Waals surface area contributed by atoms with Crippen molar-refractivity contribution in [2.45, 2.75) is 32.7 Å². The molecule has 3 aromatic rings. The van der Waals surface area contributed by atoms with Gasteiger partial charge in [0.2, 0.25) is 0 Å². The van der Waals surface area contributed by atoms with Crippen molar-refractivity contribution >= 4 is 17.2 Å². The number of carbonyl (C=O) groups is 1. The molecule has 5 heteroatoms. The Bertz CT molecular complexity index is 808. The van der Waals surface area contributed by atoms with Crippen LogP contribution in [0.4, 0.5) is 0 Å². The SMILES string of the molecule is CC(C)c1ccc(OCC(=O)N(CCc2cccs2)Cc2ccoc2)cc1. The fourth-order valence-electron chi connectivity index (χ4n) is 2.78. The van der Waals surface area contributed by atoms with Gasteiger partial charge in [-0.05, 0) is 47.5 Å². The van der Waals surface area contributed by atoms with Crippen LogP contribution in [0, 0.1) is 0 Å². The van der Waals surface area contributed by atoms with Crippen LogP contribution in [0.5, 0.6) is 5.75 Å². The van der Waals surface area contributed by atoms with Crippen LogP contribution in [-0.2, 0) is 17.8 Å². The summed E-state index contributed by atoms with van der Waals surface area (Å²) in [6, 6.07) is 14.0. The second-order valence-corrected chi connectivity index (χ2v) is 7.82. The van der Waals surface area contributed by atoms with E-state index in [0.717, 1.165) is 12.0 Å².